The number of hydrogen-bond donors (Lipinski definition) is 0. The van der Waals surface area contributed by atoms with Crippen LogP contribution >= 0.6 is 0 Å². The minimum atomic E-state index is 0.0862. The summed E-state index contributed by atoms with van der Waals surface area (Å²) in [5.41, 5.74) is 4.99. The molecule has 108 valence electrons. The van der Waals surface area contributed by atoms with E-state index in [0.717, 1.165) is 39.0 Å². The molecule has 0 N–H and O–H groups in total. The Morgan fingerprint density at radius 3 is 2.67 bits per heavy atom. The number of hydrogen-bond acceptors (Lipinski definition) is 3. The molecule has 1 aromatic carbocycles. The third-order valence-electron chi connectivity index (χ3n) is 3.99. The number of para-hydroxylation sites is 1. The number of aryl methyl sites for hydroxylation is 3. The second-order valence-corrected chi connectivity index (χ2v) is 5.50. The second-order valence-electron chi connectivity index (χ2n) is 5.50. The zero-order valence-corrected chi connectivity index (χ0v) is 12.7. The highest BCUT2D eigenvalue weighted by atomic mass is 16.5. The van der Waals surface area contributed by atoms with Gasteiger partial charge in [-0.2, -0.15) is 0 Å². The van der Waals surface area contributed by atoms with Gasteiger partial charge in [-0.3, -0.25) is 4.79 Å². The normalized spacial score (nSPS) is 11.2. The first kappa shape index (κ1) is 13.6. The number of benzene rings is 1. The molecule has 21 heavy (non-hydrogen) atoms. The Morgan fingerprint density at radius 2 is 2.05 bits per heavy atom. The zero-order valence-electron chi connectivity index (χ0n) is 12.7. The van der Waals surface area contributed by atoms with Crippen molar-refractivity contribution in [1.29, 1.82) is 0 Å². The highest BCUT2D eigenvalue weighted by Gasteiger charge is 2.16. The van der Waals surface area contributed by atoms with Crippen LogP contribution in [0.15, 0.2) is 28.9 Å². The van der Waals surface area contributed by atoms with E-state index in [9.17, 15) is 4.79 Å². The van der Waals surface area contributed by atoms with Crippen LogP contribution in [0, 0.1) is 20.8 Å². The van der Waals surface area contributed by atoms with Gasteiger partial charge in [0.25, 0.3) is 0 Å². The minimum Gasteiger partial charge on any atom is -0.361 e. The van der Waals surface area contributed by atoms with Gasteiger partial charge in [-0.15, -0.1) is 0 Å². The molecule has 4 heteroatoms. The molecule has 0 aliphatic heterocycles. The molecule has 0 saturated heterocycles. The van der Waals surface area contributed by atoms with Gasteiger partial charge in [0.05, 0.1) is 17.8 Å². The van der Waals surface area contributed by atoms with Crippen LogP contribution in [0.25, 0.3) is 10.9 Å². The summed E-state index contributed by atoms with van der Waals surface area (Å²) in [6.07, 6.45) is 1.94. The lowest BCUT2D eigenvalue weighted by Gasteiger charge is -2.07. The lowest BCUT2D eigenvalue weighted by atomic mass is 10.1. The molecule has 0 fully saturated rings. The summed E-state index contributed by atoms with van der Waals surface area (Å²) in [6, 6.07) is 6.06. The predicted molar refractivity (Wildman–Crippen MR) is 81.8 cm³/mol. The average molecular weight is 282 g/mol. The van der Waals surface area contributed by atoms with Crippen LogP contribution in [0.5, 0.6) is 0 Å². The smallest absolute Gasteiger partial charge is 0.161 e. The standard InChI is InChI=1S/C17H18N2O2/c1-10-6-5-7-14-16(12(3)20)9-19(17(10)14)8-15-11(2)18-21-13(15)4/h5-7,9H,8H2,1-4H3. The van der Waals surface area contributed by atoms with Gasteiger partial charge in [-0.25, -0.2) is 0 Å². The lowest BCUT2D eigenvalue weighted by Crippen LogP contribution is -2.01. The van der Waals surface area contributed by atoms with Crippen molar-refractivity contribution in [2.45, 2.75) is 34.2 Å². The molecular formula is C17H18N2O2. The molecule has 2 aromatic heterocycles. The summed E-state index contributed by atoms with van der Waals surface area (Å²) in [4.78, 5) is 11.9. The van der Waals surface area contributed by atoms with E-state index in [1.165, 1.54) is 0 Å². The number of carbonyl (C=O) groups is 1. The Balaban J connectivity index is 2.21. The van der Waals surface area contributed by atoms with Gasteiger partial charge in [0, 0.05) is 22.7 Å². The van der Waals surface area contributed by atoms with Gasteiger partial charge in [-0.05, 0) is 33.3 Å². The topological polar surface area (TPSA) is 48.0 Å². The van der Waals surface area contributed by atoms with Crippen molar-refractivity contribution in [3.05, 3.63) is 52.5 Å². The molecule has 2 heterocycles. The van der Waals surface area contributed by atoms with Crippen molar-refractivity contribution < 1.29 is 9.32 Å². The van der Waals surface area contributed by atoms with E-state index in [1.54, 1.807) is 6.92 Å². The monoisotopic (exact) mass is 282 g/mol. The minimum absolute atomic E-state index is 0.0862. The Hall–Kier alpha value is -2.36. The summed E-state index contributed by atoms with van der Waals surface area (Å²) >= 11 is 0. The predicted octanol–water partition coefficient (Wildman–Crippen LogP) is 3.81. The van der Waals surface area contributed by atoms with Crippen molar-refractivity contribution in [2.24, 2.45) is 0 Å². The maximum absolute atomic E-state index is 11.9. The number of aromatic nitrogens is 2. The van der Waals surface area contributed by atoms with Crippen LogP contribution in [0.2, 0.25) is 0 Å². The highest BCUT2D eigenvalue weighted by molar-refractivity contribution is 6.07. The van der Waals surface area contributed by atoms with E-state index in [2.05, 4.69) is 22.7 Å². The van der Waals surface area contributed by atoms with E-state index in [-0.39, 0.29) is 5.78 Å². The van der Waals surface area contributed by atoms with Crippen LogP contribution in [-0.4, -0.2) is 15.5 Å². The average Bonchev–Trinajstić information content (AvgIpc) is 2.95. The number of Topliss-reactive ketones (excluding diaryl/α,β-unsaturated/α-hetero) is 1. The van der Waals surface area contributed by atoms with Gasteiger partial charge in [-0.1, -0.05) is 23.4 Å². The molecule has 0 bridgehead atoms. The molecule has 0 amide bonds. The molecule has 0 spiro atoms. The fourth-order valence-electron chi connectivity index (χ4n) is 2.85. The van der Waals surface area contributed by atoms with Gasteiger partial charge in [0.2, 0.25) is 0 Å². The summed E-state index contributed by atoms with van der Waals surface area (Å²) in [5.74, 6) is 0.912. The zero-order chi connectivity index (χ0) is 15.1. The Bertz CT molecular complexity index is 820. The third-order valence-corrected chi connectivity index (χ3v) is 3.99. The molecule has 0 saturated carbocycles. The summed E-state index contributed by atoms with van der Waals surface area (Å²) in [6.45, 7) is 8.19. The molecule has 3 rings (SSSR count). The quantitative estimate of drug-likeness (QED) is 0.686. The maximum atomic E-state index is 11.9. The Labute approximate surface area is 123 Å². The molecule has 0 unspecified atom stereocenters. The number of rotatable bonds is 3. The summed E-state index contributed by atoms with van der Waals surface area (Å²) < 4.78 is 7.35. The fraction of sp³-hybridized carbons (Fsp3) is 0.294. The van der Waals surface area contributed by atoms with E-state index in [0.29, 0.717) is 6.54 Å². The first-order valence-corrected chi connectivity index (χ1v) is 7.00. The van der Waals surface area contributed by atoms with Crippen molar-refractivity contribution >= 4 is 16.7 Å². The first-order chi connectivity index (χ1) is 9.99. The van der Waals surface area contributed by atoms with Gasteiger partial charge >= 0.3 is 0 Å². The number of nitrogens with zero attached hydrogens (tertiary/aromatic N) is 2. The highest BCUT2D eigenvalue weighted by Crippen LogP contribution is 2.27. The van der Waals surface area contributed by atoms with E-state index < -0.39 is 0 Å². The molecule has 0 radical (unpaired) electrons. The number of carbonyl (C=O) groups excluding carboxylic acids is 1. The van der Waals surface area contributed by atoms with Crippen LogP contribution in [0.1, 0.15) is 39.9 Å². The lowest BCUT2D eigenvalue weighted by molar-refractivity contribution is 0.101. The van der Waals surface area contributed by atoms with Crippen LogP contribution in [0.3, 0.4) is 0 Å². The van der Waals surface area contributed by atoms with Crippen molar-refractivity contribution in [1.82, 2.24) is 9.72 Å². The van der Waals surface area contributed by atoms with Crippen molar-refractivity contribution in [3.63, 3.8) is 0 Å². The second kappa shape index (κ2) is 4.88. The van der Waals surface area contributed by atoms with Crippen LogP contribution in [-0.2, 0) is 6.54 Å². The molecule has 0 atom stereocenters. The van der Waals surface area contributed by atoms with Crippen LogP contribution < -0.4 is 0 Å². The molecule has 0 aliphatic rings. The maximum Gasteiger partial charge on any atom is 0.161 e. The number of fused-ring (bicyclic) bond motifs is 1. The molecule has 3 aromatic rings. The Kier molecular flexibility index (Phi) is 3.16. The van der Waals surface area contributed by atoms with Crippen LogP contribution in [0.4, 0.5) is 0 Å². The fourth-order valence-corrected chi connectivity index (χ4v) is 2.85. The Morgan fingerprint density at radius 1 is 1.29 bits per heavy atom. The van der Waals surface area contributed by atoms with E-state index in [1.807, 2.05) is 32.2 Å². The van der Waals surface area contributed by atoms with Gasteiger partial charge < -0.3 is 9.09 Å². The molecule has 0 aliphatic carbocycles. The summed E-state index contributed by atoms with van der Waals surface area (Å²) in [7, 11) is 0. The molecule has 4 nitrogen and oxygen atoms in total. The SMILES string of the molecule is CC(=O)c1cn(Cc2c(C)noc2C)c2c(C)cccc12. The largest absolute Gasteiger partial charge is 0.361 e. The van der Waals surface area contributed by atoms with Gasteiger partial charge in [0.1, 0.15) is 5.76 Å². The first-order valence-electron chi connectivity index (χ1n) is 7.00. The molecular weight excluding hydrogens is 264 g/mol. The summed E-state index contributed by atoms with van der Waals surface area (Å²) in [5, 5.41) is 5.01. The van der Waals surface area contributed by atoms with Crippen molar-refractivity contribution in [2.75, 3.05) is 0 Å². The van der Waals surface area contributed by atoms with Crippen molar-refractivity contribution in [3.8, 4) is 0 Å². The number of ketones is 1. The third kappa shape index (κ3) is 2.17. The van der Waals surface area contributed by atoms with E-state index in [4.69, 9.17) is 4.52 Å². The van der Waals surface area contributed by atoms with Gasteiger partial charge in [0.15, 0.2) is 5.78 Å². The van der Waals surface area contributed by atoms with E-state index >= 15 is 0 Å².